The number of anilines is 1. The van der Waals surface area contributed by atoms with Crippen LogP contribution in [0.1, 0.15) is 47.5 Å². The Bertz CT molecular complexity index is 1150. The molecular weight excluding hydrogens is 406 g/mol. The number of carbonyl (C=O) groups is 1. The van der Waals surface area contributed by atoms with Gasteiger partial charge in [-0.3, -0.25) is 14.1 Å². The molecule has 1 amide bonds. The minimum Gasteiger partial charge on any atom is -0.356 e. The average Bonchev–Trinajstić information content (AvgIpc) is 3.32. The maximum Gasteiger partial charge on any atom is 0.265 e. The van der Waals surface area contributed by atoms with Crippen LogP contribution in [0.2, 0.25) is 0 Å². The Labute approximate surface area is 174 Å². The molecule has 0 saturated heterocycles. The van der Waals surface area contributed by atoms with Crippen molar-refractivity contribution in [2.75, 3.05) is 18.1 Å². The van der Waals surface area contributed by atoms with Gasteiger partial charge in [0.1, 0.15) is 6.10 Å². The molecule has 0 fully saturated rings. The van der Waals surface area contributed by atoms with E-state index in [0.29, 0.717) is 17.7 Å². The molecule has 0 radical (unpaired) electrons. The number of carbonyl (C=O) groups excluding carboxylic acids is 1. The number of H-pyrrole nitrogens is 2. The molecule has 0 aliphatic heterocycles. The summed E-state index contributed by atoms with van der Waals surface area (Å²) in [4.78, 5) is 15.9. The molecule has 2 heterocycles. The van der Waals surface area contributed by atoms with Crippen LogP contribution < -0.4 is 10.6 Å². The Morgan fingerprint density at radius 1 is 1.37 bits per heavy atom. The third kappa shape index (κ3) is 4.40. The molecule has 0 saturated carbocycles. The summed E-state index contributed by atoms with van der Waals surface area (Å²) in [6, 6.07) is 5.49. The molecule has 1 aliphatic rings. The van der Waals surface area contributed by atoms with Crippen molar-refractivity contribution in [2.24, 2.45) is 0 Å². The van der Waals surface area contributed by atoms with Crippen molar-refractivity contribution in [3.8, 4) is 0 Å². The van der Waals surface area contributed by atoms with Gasteiger partial charge in [0.25, 0.3) is 16.0 Å². The van der Waals surface area contributed by atoms with Crippen LogP contribution in [0, 0.1) is 0 Å². The Hall–Kier alpha value is -2.69. The number of fused-ring (bicyclic) bond motifs is 3. The molecule has 10 heteroatoms. The molecule has 160 valence electrons. The lowest BCUT2D eigenvalue weighted by Gasteiger charge is -2.29. The molecule has 1 aliphatic carbocycles. The van der Waals surface area contributed by atoms with Crippen molar-refractivity contribution >= 4 is 32.6 Å². The van der Waals surface area contributed by atoms with E-state index in [-0.39, 0.29) is 11.9 Å². The third-order valence-corrected chi connectivity index (χ3v) is 5.78. The summed E-state index contributed by atoms with van der Waals surface area (Å²) in [6.07, 6.45) is 5.88. The lowest BCUT2D eigenvalue weighted by atomic mass is 9.89. The Morgan fingerprint density at radius 2 is 2.20 bits per heavy atom. The topological polar surface area (TPSA) is 129 Å². The summed E-state index contributed by atoms with van der Waals surface area (Å²) < 4.78 is 29.0. The zero-order valence-corrected chi connectivity index (χ0v) is 17.7. The van der Waals surface area contributed by atoms with Crippen LogP contribution in [0.5, 0.6) is 0 Å². The van der Waals surface area contributed by atoms with Crippen molar-refractivity contribution in [2.45, 2.75) is 38.3 Å². The highest BCUT2D eigenvalue weighted by Gasteiger charge is 2.33. The van der Waals surface area contributed by atoms with Gasteiger partial charge in [-0.1, -0.05) is 6.92 Å². The fourth-order valence-electron chi connectivity index (χ4n) is 3.94. The second kappa shape index (κ2) is 8.21. The molecule has 0 spiro atoms. The van der Waals surface area contributed by atoms with Crippen LogP contribution in [0.3, 0.4) is 0 Å². The predicted molar refractivity (Wildman–Crippen MR) is 114 cm³/mol. The summed E-state index contributed by atoms with van der Waals surface area (Å²) in [5.74, 6) is -0.242. The molecule has 4 N–H and O–H groups in total. The van der Waals surface area contributed by atoms with E-state index >= 15 is 0 Å². The van der Waals surface area contributed by atoms with Gasteiger partial charge < -0.3 is 15.6 Å². The van der Waals surface area contributed by atoms with E-state index in [4.69, 9.17) is 4.18 Å². The van der Waals surface area contributed by atoms with Gasteiger partial charge in [0.05, 0.1) is 23.8 Å². The van der Waals surface area contributed by atoms with Crippen molar-refractivity contribution < 1.29 is 17.4 Å². The van der Waals surface area contributed by atoms with Crippen molar-refractivity contribution in [1.29, 1.82) is 0 Å². The zero-order valence-electron chi connectivity index (χ0n) is 16.9. The standard InChI is InChI=1S/C20H25N5O4S/c1-3-6-21-13-8-16-15-7-12(20(26)24-14-10-22-23-11-14)4-5-17(15)25-19(16)18(9-13)29-30(2,27)28/h4-5,7,10-11,13,18,21,25H,3,6,8-9H2,1-2H3,(H,22,23)(H,24,26). The Kier molecular flexibility index (Phi) is 5.63. The SMILES string of the molecule is CCCNC1Cc2c([nH]c3ccc(C(=O)Nc4cn[nH]c4)cc23)C(OS(C)(=O)=O)C1. The molecule has 3 aromatic rings. The summed E-state index contributed by atoms with van der Waals surface area (Å²) in [5.41, 5.74) is 3.68. The smallest absolute Gasteiger partial charge is 0.265 e. The van der Waals surface area contributed by atoms with E-state index in [9.17, 15) is 13.2 Å². The maximum absolute atomic E-state index is 12.6. The minimum atomic E-state index is -3.62. The van der Waals surface area contributed by atoms with E-state index in [1.807, 2.05) is 12.1 Å². The number of aromatic nitrogens is 3. The Morgan fingerprint density at radius 3 is 2.90 bits per heavy atom. The third-order valence-electron chi connectivity index (χ3n) is 5.20. The van der Waals surface area contributed by atoms with Crippen LogP contribution in [-0.4, -0.2) is 48.3 Å². The van der Waals surface area contributed by atoms with E-state index in [2.05, 4.69) is 32.7 Å². The molecule has 4 rings (SSSR count). The number of hydrogen-bond acceptors (Lipinski definition) is 6. The first-order chi connectivity index (χ1) is 14.3. The number of amides is 1. The van der Waals surface area contributed by atoms with Gasteiger partial charge in [0.15, 0.2) is 0 Å². The van der Waals surface area contributed by atoms with Crippen LogP contribution in [0.15, 0.2) is 30.6 Å². The number of nitrogens with zero attached hydrogens (tertiary/aromatic N) is 1. The van der Waals surface area contributed by atoms with Gasteiger partial charge in [-0.25, -0.2) is 0 Å². The molecule has 9 nitrogen and oxygen atoms in total. The molecule has 1 aromatic carbocycles. The van der Waals surface area contributed by atoms with Gasteiger partial charge in [-0.05, 0) is 49.6 Å². The van der Waals surface area contributed by atoms with Gasteiger partial charge in [-0.2, -0.15) is 13.5 Å². The average molecular weight is 432 g/mol. The minimum absolute atomic E-state index is 0.0895. The summed E-state index contributed by atoms with van der Waals surface area (Å²) in [5, 5.41) is 13.6. The monoisotopic (exact) mass is 431 g/mol. The summed E-state index contributed by atoms with van der Waals surface area (Å²) in [6.45, 7) is 2.93. The second-order valence-corrected chi connectivity index (χ2v) is 9.20. The van der Waals surface area contributed by atoms with Crippen LogP contribution >= 0.6 is 0 Å². The van der Waals surface area contributed by atoms with Crippen LogP contribution in [0.4, 0.5) is 5.69 Å². The molecule has 30 heavy (non-hydrogen) atoms. The highest BCUT2D eigenvalue weighted by atomic mass is 32.2. The normalized spacial score (nSPS) is 19.0. The largest absolute Gasteiger partial charge is 0.356 e. The van der Waals surface area contributed by atoms with Crippen LogP contribution in [-0.2, 0) is 20.7 Å². The van der Waals surface area contributed by atoms with Gasteiger partial charge in [0.2, 0.25) is 0 Å². The first kappa shape index (κ1) is 20.6. The first-order valence-corrected chi connectivity index (χ1v) is 11.7. The summed E-state index contributed by atoms with van der Waals surface area (Å²) in [7, 11) is -3.62. The van der Waals surface area contributed by atoms with Gasteiger partial charge in [0, 0.05) is 28.7 Å². The zero-order chi connectivity index (χ0) is 21.3. The van der Waals surface area contributed by atoms with E-state index in [1.54, 1.807) is 12.3 Å². The van der Waals surface area contributed by atoms with Crippen molar-refractivity contribution in [1.82, 2.24) is 20.5 Å². The number of hydrogen-bond donors (Lipinski definition) is 4. The number of rotatable bonds is 7. The summed E-state index contributed by atoms with van der Waals surface area (Å²) >= 11 is 0. The molecule has 2 atom stereocenters. The number of nitrogens with one attached hydrogen (secondary N) is 4. The lowest BCUT2D eigenvalue weighted by Crippen LogP contribution is -2.37. The van der Waals surface area contributed by atoms with Gasteiger partial charge in [-0.15, -0.1) is 0 Å². The first-order valence-electron chi connectivity index (χ1n) is 9.90. The predicted octanol–water partition coefficient (Wildman–Crippen LogP) is 2.48. The maximum atomic E-state index is 12.6. The highest BCUT2D eigenvalue weighted by Crippen LogP contribution is 2.38. The van der Waals surface area contributed by atoms with E-state index < -0.39 is 16.2 Å². The number of aromatic amines is 2. The Balaban J connectivity index is 1.70. The van der Waals surface area contributed by atoms with Crippen molar-refractivity contribution in [3.63, 3.8) is 0 Å². The van der Waals surface area contributed by atoms with E-state index in [0.717, 1.165) is 47.8 Å². The van der Waals surface area contributed by atoms with Crippen LogP contribution in [0.25, 0.3) is 10.9 Å². The van der Waals surface area contributed by atoms with Crippen molar-refractivity contribution in [3.05, 3.63) is 47.4 Å². The number of benzene rings is 1. The fourth-order valence-corrected chi connectivity index (χ4v) is 4.53. The molecule has 0 bridgehead atoms. The van der Waals surface area contributed by atoms with E-state index in [1.165, 1.54) is 6.20 Å². The molecular formula is C20H25N5O4S. The second-order valence-electron chi connectivity index (χ2n) is 7.60. The lowest BCUT2D eigenvalue weighted by molar-refractivity contribution is 0.102. The molecule has 2 aromatic heterocycles. The molecule has 2 unspecified atom stereocenters. The quantitative estimate of drug-likeness (QED) is 0.425. The van der Waals surface area contributed by atoms with Gasteiger partial charge >= 0.3 is 0 Å². The fraction of sp³-hybridized carbons (Fsp3) is 0.400. The highest BCUT2D eigenvalue weighted by molar-refractivity contribution is 7.86.